The van der Waals surface area contributed by atoms with E-state index in [1.807, 2.05) is 0 Å². The fourth-order valence-corrected chi connectivity index (χ4v) is 1.60. The van der Waals surface area contributed by atoms with Crippen molar-refractivity contribution in [3.8, 4) is 0 Å². The van der Waals surface area contributed by atoms with Gasteiger partial charge in [-0.15, -0.1) is 0 Å². The first kappa shape index (κ1) is 12.8. The van der Waals surface area contributed by atoms with Crippen molar-refractivity contribution in [1.82, 2.24) is 0 Å². The maximum atomic E-state index is 12.4. The van der Waals surface area contributed by atoms with Crippen LogP contribution >= 0.6 is 11.8 Å². The minimum atomic E-state index is -4.40. The fraction of sp³-hybridized carbons (Fsp3) is 0.200. The molecule has 0 aliphatic heterocycles. The molecule has 0 radical (unpaired) electrons. The summed E-state index contributed by atoms with van der Waals surface area (Å²) in [6.07, 6.45) is -4.40. The lowest BCUT2D eigenvalue weighted by molar-refractivity contribution is -0.137. The van der Waals surface area contributed by atoms with Crippen LogP contribution in [0.5, 0.6) is 0 Å². The third-order valence-electron chi connectivity index (χ3n) is 1.71. The third-order valence-corrected chi connectivity index (χ3v) is 2.45. The van der Waals surface area contributed by atoms with Gasteiger partial charge in [0, 0.05) is 5.56 Å². The van der Waals surface area contributed by atoms with Gasteiger partial charge < -0.3 is 0 Å². The summed E-state index contributed by atoms with van der Waals surface area (Å²) in [6.45, 7) is 1.48. The van der Waals surface area contributed by atoms with Gasteiger partial charge in [-0.1, -0.05) is 23.9 Å². The van der Waals surface area contributed by atoms with Crippen molar-refractivity contribution in [2.45, 2.75) is 13.1 Å². The van der Waals surface area contributed by atoms with Crippen LogP contribution in [0, 0.1) is 10.8 Å². The molecule has 0 unspecified atom stereocenters. The Bertz CT molecular complexity index is 426. The van der Waals surface area contributed by atoms with Crippen molar-refractivity contribution >= 4 is 21.8 Å². The third kappa shape index (κ3) is 3.37. The predicted octanol–water partition coefficient (Wildman–Crippen LogP) is 3.76. The van der Waals surface area contributed by atoms with Gasteiger partial charge >= 0.3 is 6.18 Å². The molecule has 0 bridgehead atoms. The summed E-state index contributed by atoms with van der Waals surface area (Å²) in [7, 11) is 0. The Labute approximate surface area is 94.9 Å². The molecule has 2 nitrogen and oxygen atoms in total. The van der Waals surface area contributed by atoms with Gasteiger partial charge in [0.2, 0.25) is 0 Å². The largest absolute Gasteiger partial charge is 0.416 e. The molecule has 0 aliphatic carbocycles. The lowest BCUT2D eigenvalue weighted by atomic mass is 10.1. The zero-order valence-corrected chi connectivity index (χ0v) is 9.17. The van der Waals surface area contributed by atoms with Crippen molar-refractivity contribution in [2.24, 2.45) is 0 Å². The molecule has 0 heterocycles. The second-order valence-corrected chi connectivity index (χ2v) is 4.29. The van der Waals surface area contributed by atoms with Gasteiger partial charge in [-0.25, -0.2) is 0 Å². The molecule has 0 spiro atoms. The Morgan fingerprint density at radius 2 is 1.88 bits per heavy atom. The first-order valence-electron chi connectivity index (χ1n) is 4.30. The van der Waals surface area contributed by atoms with Crippen molar-refractivity contribution in [1.29, 1.82) is 10.8 Å². The second-order valence-electron chi connectivity index (χ2n) is 3.07. The molecular weight excluding hydrogens is 237 g/mol. The molecule has 0 atom stereocenters. The summed E-state index contributed by atoms with van der Waals surface area (Å²) in [4.78, 5) is 0. The van der Waals surface area contributed by atoms with Crippen LogP contribution in [0.2, 0.25) is 0 Å². The maximum absolute atomic E-state index is 12.4. The Kier molecular flexibility index (Phi) is 3.74. The highest BCUT2D eigenvalue weighted by atomic mass is 32.2. The highest BCUT2D eigenvalue weighted by Crippen LogP contribution is 2.30. The zero-order chi connectivity index (χ0) is 12.3. The summed E-state index contributed by atoms with van der Waals surface area (Å²) in [6, 6.07) is 4.55. The van der Waals surface area contributed by atoms with E-state index < -0.39 is 11.7 Å². The van der Waals surface area contributed by atoms with Crippen LogP contribution < -0.4 is 0 Å². The van der Waals surface area contributed by atoms with Crippen LogP contribution in [0.3, 0.4) is 0 Å². The highest BCUT2D eigenvalue weighted by Gasteiger charge is 2.30. The smallest absolute Gasteiger partial charge is 0.298 e. The molecule has 1 rings (SSSR count). The zero-order valence-electron chi connectivity index (χ0n) is 8.35. The topological polar surface area (TPSA) is 47.7 Å². The van der Waals surface area contributed by atoms with E-state index in [1.165, 1.54) is 19.1 Å². The molecule has 86 valence electrons. The van der Waals surface area contributed by atoms with Gasteiger partial charge in [0.15, 0.2) is 0 Å². The molecule has 0 saturated carbocycles. The number of hydrogen-bond acceptors (Lipinski definition) is 3. The highest BCUT2D eigenvalue weighted by molar-refractivity contribution is 8.26. The predicted molar refractivity (Wildman–Crippen MR) is 59.3 cm³/mol. The summed E-state index contributed by atoms with van der Waals surface area (Å²) >= 11 is 0.826. The van der Waals surface area contributed by atoms with Gasteiger partial charge in [0.05, 0.1) is 10.6 Å². The van der Waals surface area contributed by atoms with Crippen molar-refractivity contribution < 1.29 is 13.2 Å². The molecule has 1 aromatic rings. The maximum Gasteiger partial charge on any atom is 0.416 e. The van der Waals surface area contributed by atoms with E-state index in [0.29, 0.717) is 0 Å². The van der Waals surface area contributed by atoms with Crippen LogP contribution in [0.15, 0.2) is 24.3 Å². The molecular formula is C10H9F3N2S. The standard InChI is InChI=1S/C10H9F3N2S/c1-6(14)16-9(15)7-3-2-4-8(5-7)10(11,12)13/h2-5,14-15H,1H3. The van der Waals surface area contributed by atoms with Gasteiger partial charge in [-0.05, 0) is 19.1 Å². The average molecular weight is 246 g/mol. The van der Waals surface area contributed by atoms with E-state index >= 15 is 0 Å². The van der Waals surface area contributed by atoms with Gasteiger partial charge in [0.25, 0.3) is 0 Å². The number of benzene rings is 1. The average Bonchev–Trinajstić information content (AvgIpc) is 2.15. The van der Waals surface area contributed by atoms with E-state index in [4.69, 9.17) is 10.8 Å². The van der Waals surface area contributed by atoms with Crippen molar-refractivity contribution in [3.63, 3.8) is 0 Å². The SMILES string of the molecule is CC(=N)SC(=N)c1cccc(C(F)(F)F)c1. The first-order chi connectivity index (χ1) is 7.30. The number of thioether (sulfide) groups is 1. The minimum absolute atomic E-state index is 0.0569. The molecule has 0 aromatic heterocycles. The van der Waals surface area contributed by atoms with E-state index in [2.05, 4.69) is 0 Å². The summed E-state index contributed by atoms with van der Waals surface area (Å²) in [5.74, 6) is 0. The minimum Gasteiger partial charge on any atom is -0.298 e. The van der Waals surface area contributed by atoms with Gasteiger partial charge in [0.1, 0.15) is 5.04 Å². The molecule has 0 fully saturated rings. The lowest BCUT2D eigenvalue weighted by Gasteiger charge is -2.08. The monoisotopic (exact) mass is 246 g/mol. The second kappa shape index (κ2) is 4.69. The Morgan fingerprint density at radius 3 is 2.38 bits per heavy atom. The molecule has 0 saturated heterocycles. The summed E-state index contributed by atoms with van der Waals surface area (Å²) in [5, 5.41) is 14.8. The molecule has 0 aliphatic rings. The number of alkyl halides is 3. The van der Waals surface area contributed by atoms with E-state index in [0.717, 1.165) is 23.9 Å². The summed E-state index contributed by atoms with van der Waals surface area (Å²) < 4.78 is 37.1. The fourth-order valence-electron chi connectivity index (χ4n) is 1.05. The number of hydrogen-bond donors (Lipinski definition) is 2. The summed E-state index contributed by atoms with van der Waals surface area (Å²) in [5.41, 5.74) is -0.607. The van der Waals surface area contributed by atoms with Crippen LogP contribution in [-0.4, -0.2) is 10.1 Å². The van der Waals surface area contributed by atoms with E-state index in [9.17, 15) is 13.2 Å². The van der Waals surface area contributed by atoms with E-state index in [1.54, 1.807) is 0 Å². The number of rotatable bonds is 1. The van der Waals surface area contributed by atoms with Crippen LogP contribution in [0.1, 0.15) is 18.1 Å². The number of halogens is 3. The Morgan fingerprint density at radius 1 is 1.25 bits per heavy atom. The van der Waals surface area contributed by atoms with Crippen molar-refractivity contribution in [3.05, 3.63) is 35.4 Å². The molecule has 1 aromatic carbocycles. The molecule has 2 N–H and O–H groups in total. The van der Waals surface area contributed by atoms with Gasteiger partial charge in [-0.3, -0.25) is 10.8 Å². The van der Waals surface area contributed by atoms with Crippen molar-refractivity contribution in [2.75, 3.05) is 0 Å². The first-order valence-corrected chi connectivity index (χ1v) is 5.11. The lowest BCUT2D eigenvalue weighted by Crippen LogP contribution is -2.06. The number of nitrogens with one attached hydrogen (secondary N) is 2. The Balaban J connectivity index is 2.99. The van der Waals surface area contributed by atoms with Crippen LogP contribution in [0.4, 0.5) is 13.2 Å². The Hall–Kier alpha value is -1.30. The molecule has 6 heteroatoms. The van der Waals surface area contributed by atoms with Crippen LogP contribution in [0.25, 0.3) is 0 Å². The van der Waals surface area contributed by atoms with Gasteiger partial charge in [-0.2, -0.15) is 13.2 Å². The molecule has 16 heavy (non-hydrogen) atoms. The quantitative estimate of drug-likeness (QED) is 0.575. The van der Waals surface area contributed by atoms with Crippen LogP contribution in [-0.2, 0) is 6.18 Å². The van der Waals surface area contributed by atoms with E-state index in [-0.39, 0.29) is 15.7 Å². The normalized spacial score (nSPS) is 11.2. The molecule has 0 amide bonds.